The first kappa shape index (κ1) is 30.6. The Hall–Kier alpha value is -2.34. The highest BCUT2D eigenvalue weighted by molar-refractivity contribution is 7.88. The topological polar surface area (TPSA) is 103 Å². The van der Waals surface area contributed by atoms with Gasteiger partial charge in [-0.05, 0) is 52.2 Å². The number of hydrogen-bond donors (Lipinski definition) is 2. The first-order valence-corrected chi connectivity index (χ1v) is 16.2. The van der Waals surface area contributed by atoms with Gasteiger partial charge in [-0.25, -0.2) is 17.7 Å². The molecule has 2 N–H and O–H groups in total. The van der Waals surface area contributed by atoms with E-state index in [4.69, 9.17) is 16.3 Å². The predicted molar refractivity (Wildman–Crippen MR) is 164 cm³/mol. The van der Waals surface area contributed by atoms with Crippen LogP contribution in [-0.2, 0) is 10.0 Å². The van der Waals surface area contributed by atoms with Gasteiger partial charge in [-0.15, -0.1) is 0 Å². The van der Waals surface area contributed by atoms with Crippen molar-refractivity contribution in [1.82, 2.24) is 19.2 Å². The molecule has 2 fully saturated rings. The predicted octanol–water partition coefficient (Wildman–Crippen LogP) is 4.73. The molecule has 0 unspecified atom stereocenters. The molecule has 2 aromatic rings. The minimum absolute atomic E-state index is 0.108. The maximum absolute atomic E-state index is 12.2. The Morgan fingerprint density at radius 3 is 2.42 bits per heavy atom. The van der Waals surface area contributed by atoms with Crippen LogP contribution in [0.25, 0.3) is 0 Å². The molecule has 0 radical (unpaired) electrons. The van der Waals surface area contributed by atoms with Crippen LogP contribution in [0.5, 0.6) is 5.75 Å². The van der Waals surface area contributed by atoms with Crippen molar-refractivity contribution in [3.63, 3.8) is 0 Å². The molecule has 1 aliphatic carbocycles. The van der Waals surface area contributed by atoms with Crippen molar-refractivity contribution < 1.29 is 13.2 Å². The van der Waals surface area contributed by atoms with Crippen LogP contribution in [0.4, 0.5) is 23.1 Å². The fourth-order valence-electron chi connectivity index (χ4n) is 5.69. The third kappa shape index (κ3) is 7.10. The number of anilines is 4. The number of piperazine rings is 1. The van der Waals surface area contributed by atoms with Gasteiger partial charge in [-0.2, -0.15) is 4.98 Å². The van der Waals surface area contributed by atoms with E-state index in [1.165, 1.54) is 10.6 Å². The Balaban J connectivity index is 1.52. The summed E-state index contributed by atoms with van der Waals surface area (Å²) >= 11 is 6.48. The zero-order valence-electron chi connectivity index (χ0n) is 24.8. The monoisotopic (exact) mass is 593 g/mol. The maximum Gasteiger partial charge on any atom is 0.229 e. The zero-order chi connectivity index (χ0) is 29.2. The lowest BCUT2D eigenvalue weighted by Crippen LogP contribution is -2.53. The number of benzene rings is 1. The van der Waals surface area contributed by atoms with Crippen LogP contribution in [-0.4, -0.2) is 91.8 Å². The number of methoxy groups -OCH3 is 1. The van der Waals surface area contributed by atoms with Crippen molar-refractivity contribution >= 4 is 44.8 Å². The van der Waals surface area contributed by atoms with E-state index in [9.17, 15) is 8.42 Å². The van der Waals surface area contributed by atoms with E-state index in [0.29, 0.717) is 22.5 Å². The highest BCUT2D eigenvalue weighted by atomic mass is 35.5. The Morgan fingerprint density at radius 1 is 1.12 bits per heavy atom. The maximum atomic E-state index is 12.2. The highest BCUT2D eigenvalue weighted by Gasteiger charge is 2.33. The largest absolute Gasteiger partial charge is 0.494 e. The molecule has 2 aliphatic rings. The Morgan fingerprint density at radius 2 is 1.80 bits per heavy atom. The highest BCUT2D eigenvalue weighted by Crippen LogP contribution is 2.36. The molecule has 1 saturated heterocycles. The molecule has 1 saturated carbocycles. The second kappa shape index (κ2) is 12.3. The summed E-state index contributed by atoms with van der Waals surface area (Å²) in [7, 11) is -0.0268. The molecule has 1 aromatic heterocycles. The van der Waals surface area contributed by atoms with Crippen molar-refractivity contribution in [1.29, 1.82) is 0 Å². The van der Waals surface area contributed by atoms with Crippen molar-refractivity contribution in [3.8, 4) is 5.75 Å². The number of hydrogen-bond acceptors (Lipinski definition) is 9. The van der Waals surface area contributed by atoms with Crippen LogP contribution in [0.2, 0.25) is 5.02 Å². The lowest BCUT2D eigenvalue weighted by Gasteiger charge is -2.43. The summed E-state index contributed by atoms with van der Waals surface area (Å²) in [6, 6.07) is 3.86. The van der Waals surface area contributed by atoms with E-state index in [1.807, 2.05) is 0 Å². The zero-order valence-corrected chi connectivity index (χ0v) is 26.4. The fourth-order valence-corrected chi connectivity index (χ4v) is 6.58. The molecule has 4 rings (SSSR count). The standard InChI is InChI=1S/C28H44ClN7O3S/c1-19-16-22(25(39-6)17-24(19)35-12-14-36(15-13-35)28(2,3)4)32-27-30-18-20(29)26(33-27)31-21-10-8-9-11-23(21)34(5)40(7,37)38/h16-18,21,23H,8-15H2,1-7H3,(H2,30,31,32,33)/t21-,23-/m1/s1. The number of aromatic nitrogens is 2. The van der Waals surface area contributed by atoms with Crippen LogP contribution in [0, 0.1) is 6.92 Å². The summed E-state index contributed by atoms with van der Waals surface area (Å²) in [5.41, 5.74) is 3.22. The second-order valence-electron chi connectivity index (χ2n) is 11.9. The Labute approximate surface area is 244 Å². The van der Waals surface area contributed by atoms with Gasteiger partial charge in [0.2, 0.25) is 16.0 Å². The van der Waals surface area contributed by atoms with Gasteiger partial charge in [-0.1, -0.05) is 24.4 Å². The first-order valence-electron chi connectivity index (χ1n) is 14.0. The quantitative estimate of drug-likeness (QED) is 0.450. The van der Waals surface area contributed by atoms with Crippen LogP contribution < -0.4 is 20.3 Å². The molecule has 222 valence electrons. The molecule has 1 aromatic carbocycles. The SMILES string of the molecule is COc1cc(N2CCN(C(C)(C)C)CC2)c(C)cc1Nc1ncc(Cl)c(N[C@@H]2CCCC[C@H]2N(C)S(C)(=O)=O)n1. The van der Waals surface area contributed by atoms with Gasteiger partial charge in [0, 0.05) is 62.6 Å². The molecule has 40 heavy (non-hydrogen) atoms. The van der Waals surface area contributed by atoms with Gasteiger partial charge < -0.3 is 20.3 Å². The molecule has 1 aliphatic heterocycles. The smallest absolute Gasteiger partial charge is 0.229 e. The third-order valence-corrected chi connectivity index (χ3v) is 9.71. The lowest BCUT2D eigenvalue weighted by atomic mass is 9.90. The van der Waals surface area contributed by atoms with Gasteiger partial charge in [0.25, 0.3) is 0 Å². The number of likely N-dealkylation sites (N-methyl/N-ethyl adjacent to an activating group) is 1. The van der Waals surface area contributed by atoms with Crippen LogP contribution >= 0.6 is 11.6 Å². The van der Waals surface area contributed by atoms with E-state index in [0.717, 1.165) is 68.8 Å². The van der Waals surface area contributed by atoms with Crippen LogP contribution in [0.1, 0.15) is 52.0 Å². The summed E-state index contributed by atoms with van der Waals surface area (Å²) in [6.45, 7) is 12.8. The van der Waals surface area contributed by atoms with Gasteiger partial charge in [-0.3, -0.25) is 4.90 Å². The lowest BCUT2D eigenvalue weighted by molar-refractivity contribution is 0.128. The van der Waals surface area contributed by atoms with Crippen molar-refractivity contribution in [2.75, 3.05) is 62.1 Å². The first-order chi connectivity index (χ1) is 18.8. The molecular weight excluding hydrogens is 550 g/mol. The Kier molecular flexibility index (Phi) is 9.38. The number of aryl methyl sites for hydroxylation is 1. The summed E-state index contributed by atoms with van der Waals surface area (Å²) < 4.78 is 31.7. The molecule has 0 bridgehead atoms. The second-order valence-corrected chi connectivity index (χ2v) is 14.3. The van der Waals surface area contributed by atoms with Crippen LogP contribution in [0.3, 0.4) is 0 Å². The average Bonchev–Trinajstić information content (AvgIpc) is 2.90. The van der Waals surface area contributed by atoms with E-state index < -0.39 is 10.0 Å². The fraction of sp³-hybridized carbons (Fsp3) is 0.643. The van der Waals surface area contributed by atoms with Crippen molar-refractivity contribution in [2.45, 2.75) is 71.0 Å². The van der Waals surface area contributed by atoms with Gasteiger partial charge in [0.15, 0.2) is 5.82 Å². The number of ether oxygens (including phenoxy) is 1. The summed E-state index contributed by atoms with van der Waals surface area (Å²) in [4.78, 5) is 14.0. The molecule has 0 spiro atoms. The number of nitrogens with zero attached hydrogens (tertiary/aromatic N) is 5. The molecule has 10 nitrogen and oxygen atoms in total. The summed E-state index contributed by atoms with van der Waals surface area (Å²) in [5.74, 6) is 1.55. The number of nitrogens with one attached hydrogen (secondary N) is 2. The van der Waals surface area contributed by atoms with Crippen molar-refractivity contribution in [3.05, 3.63) is 28.9 Å². The van der Waals surface area contributed by atoms with E-state index >= 15 is 0 Å². The third-order valence-electron chi connectivity index (χ3n) is 8.12. The molecule has 2 heterocycles. The van der Waals surface area contributed by atoms with E-state index in [1.54, 1.807) is 20.4 Å². The molecule has 2 atom stereocenters. The van der Waals surface area contributed by atoms with E-state index in [-0.39, 0.29) is 17.6 Å². The summed E-state index contributed by atoms with van der Waals surface area (Å²) in [5, 5.41) is 7.10. The molecule has 0 amide bonds. The van der Waals surface area contributed by atoms with Gasteiger partial charge in [0.1, 0.15) is 10.8 Å². The molecular formula is C28H44ClN7O3S. The minimum Gasteiger partial charge on any atom is -0.494 e. The summed E-state index contributed by atoms with van der Waals surface area (Å²) in [6.07, 6.45) is 6.39. The normalized spacial score (nSPS) is 21.0. The number of rotatable bonds is 8. The van der Waals surface area contributed by atoms with Gasteiger partial charge in [0.05, 0.1) is 25.2 Å². The minimum atomic E-state index is -3.32. The number of halogens is 1. The average molecular weight is 594 g/mol. The Bertz CT molecular complexity index is 1290. The van der Waals surface area contributed by atoms with Gasteiger partial charge >= 0.3 is 0 Å². The molecule has 12 heteroatoms. The van der Waals surface area contributed by atoms with Crippen molar-refractivity contribution in [2.24, 2.45) is 0 Å². The van der Waals surface area contributed by atoms with E-state index in [2.05, 4.69) is 70.2 Å². The van der Waals surface area contributed by atoms with Crippen LogP contribution in [0.15, 0.2) is 18.3 Å². The number of sulfonamides is 1.